The average Bonchev–Trinajstić information content (AvgIpc) is 3.25. The van der Waals surface area contributed by atoms with Gasteiger partial charge in [0.2, 0.25) is 0 Å². The van der Waals surface area contributed by atoms with Crippen molar-refractivity contribution in [1.82, 2.24) is 15.0 Å². The summed E-state index contributed by atoms with van der Waals surface area (Å²) in [6.45, 7) is 6.71. The fourth-order valence-corrected chi connectivity index (χ4v) is 20.7. The Morgan fingerprint density at radius 2 is 1.61 bits per heavy atom. The molecule has 0 saturated heterocycles. The van der Waals surface area contributed by atoms with Crippen LogP contribution in [0.15, 0.2) is 45.9 Å². The molecule has 0 aliphatic carbocycles. The molecule has 2 aromatic heterocycles. The number of benzene rings is 1. The van der Waals surface area contributed by atoms with Gasteiger partial charge in [-0.2, -0.15) is 0 Å². The molecule has 3 rings (SSSR count). The van der Waals surface area contributed by atoms with E-state index in [1.165, 1.54) is 32.6 Å². The second-order valence-corrected chi connectivity index (χ2v) is 22.7. The molecule has 1 aromatic carbocycles. The Bertz CT molecular complexity index is 1090. The minimum atomic E-state index is -2.90. The van der Waals surface area contributed by atoms with E-state index in [0.29, 0.717) is 22.0 Å². The predicted octanol–water partition coefficient (Wildman–Crippen LogP) is 7.25. The van der Waals surface area contributed by atoms with Crippen LogP contribution in [-0.4, -0.2) is 33.4 Å². The topological polar surface area (TPSA) is 60.9 Å². The van der Waals surface area contributed by atoms with Crippen LogP contribution in [0.25, 0.3) is 17.0 Å². The van der Waals surface area contributed by atoms with Gasteiger partial charge in [-0.1, -0.05) is 0 Å². The van der Waals surface area contributed by atoms with Crippen molar-refractivity contribution in [3.8, 4) is 17.0 Å². The summed E-state index contributed by atoms with van der Waals surface area (Å²) in [5.74, 6) is 0.481. The first kappa shape index (κ1) is 26.3. The van der Waals surface area contributed by atoms with Gasteiger partial charge in [0.25, 0.3) is 0 Å². The molecule has 8 heteroatoms. The second-order valence-electron chi connectivity index (χ2n) is 8.76. The summed E-state index contributed by atoms with van der Waals surface area (Å²) in [5, 5.41) is 8.76. The molecule has 0 fully saturated rings. The van der Waals surface area contributed by atoms with Crippen molar-refractivity contribution in [1.29, 1.82) is 0 Å². The van der Waals surface area contributed by atoms with Crippen molar-refractivity contribution in [2.75, 3.05) is 0 Å². The molecule has 2 heterocycles. The molecule has 33 heavy (non-hydrogen) atoms. The van der Waals surface area contributed by atoms with Crippen molar-refractivity contribution in [2.24, 2.45) is 0 Å². The SMILES string of the molecule is CCC[CH2][Sn]([CH2]CCC)([CH2]CCC)[c]1coc(-c2cc(Cl)ccc2-n2cc(Cl)nn2)cc1=O. The van der Waals surface area contributed by atoms with E-state index in [1.54, 1.807) is 35.3 Å². The quantitative estimate of drug-likeness (QED) is 0.207. The first-order valence-corrected chi connectivity index (χ1v) is 20.2. The van der Waals surface area contributed by atoms with E-state index in [0.717, 1.165) is 22.8 Å². The van der Waals surface area contributed by atoms with Crippen LogP contribution in [0, 0.1) is 0 Å². The summed E-state index contributed by atoms with van der Waals surface area (Å²) < 4.78 is 12.4. The minimum absolute atomic E-state index is 0.109. The molecule has 0 spiro atoms. The molecule has 5 nitrogen and oxygen atoms in total. The molecule has 0 radical (unpaired) electrons. The van der Waals surface area contributed by atoms with E-state index in [2.05, 4.69) is 31.1 Å². The van der Waals surface area contributed by atoms with Crippen LogP contribution in [0.3, 0.4) is 0 Å². The maximum atomic E-state index is 13.6. The molecule has 0 N–H and O–H groups in total. The van der Waals surface area contributed by atoms with Crippen LogP contribution in [-0.2, 0) is 0 Å². The molecular formula is C25H33Cl2N3O2Sn. The first-order chi connectivity index (χ1) is 15.9. The Hall–Kier alpha value is -1.31. The van der Waals surface area contributed by atoms with E-state index < -0.39 is 18.4 Å². The van der Waals surface area contributed by atoms with Crippen LogP contribution < -0.4 is 9.01 Å². The fourth-order valence-electron chi connectivity index (χ4n) is 4.53. The number of hydrogen-bond donors (Lipinski definition) is 0. The monoisotopic (exact) mass is 597 g/mol. The third kappa shape index (κ3) is 6.43. The summed E-state index contributed by atoms with van der Waals surface area (Å²) in [5.41, 5.74) is 1.49. The van der Waals surface area contributed by atoms with Gasteiger partial charge >= 0.3 is 211 Å². The van der Waals surface area contributed by atoms with Gasteiger partial charge in [-0.15, -0.1) is 0 Å². The number of hydrogen-bond acceptors (Lipinski definition) is 4. The number of rotatable bonds is 12. The Morgan fingerprint density at radius 1 is 0.970 bits per heavy atom. The molecule has 0 atom stereocenters. The third-order valence-electron chi connectivity index (χ3n) is 6.37. The first-order valence-electron chi connectivity index (χ1n) is 12.0. The number of nitrogens with zero attached hydrogens (tertiary/aromatic N) is 3. The van der Waals surface area contributed by atoms with Gasteiger partial charge in [0, 0.05) is 0 Å². The third-order valence-corrected chi connectivity index (χ3v) is 22.3. The van der Waals surface area contributed by atoms with E-state index in [4.69, 9.17) is 27.6 Å². The number of halogens is 2. The van der Waals surface area contributed by atoms with Crippen molar-refractivity contribution >= 4 is 45.2 Å². The van der Waals surface area contributed by atoms with Gasteiger partial charge in [-0.3, -0.25) is 0 Å². The van der Waals surface area contributed by atoms with Gasteiger partial charge in [0.15, 0.2) is 0 Å². The summed E-state index contributed by atoms with van der Waals surface area (Å²) >= 11 is 9.37. The average molecular weight is 597 g/mol. The summed E-state index contributed by atoms with van der Waals surface area (Å²) in [6.07, 6.45) is 10.4. The molecule has 3 aromatic rings. The summed E-state index contributed by atoms with van der Waals surface area (Å²) in [4.78, 5) is 13.6. The van der Waals surface area contributed by atoms with E-state index in [9.17, 15) is 4.79 Å². The zero-order valence-corrected chi connectivity index (χ0v) is 24.1. The normalized spacial score (nSPS) is 11.8. The van der Waals surface area contributed by atoms with Crippen LogP contribution in [0.5, 0.6) is 0 Å². The number of aromatic nitrogens is 3. The summed E-state index contributed by atoms with van der Waals surface area (Å²) in [6, 6.07) is 7.03. The fraction of sp³-hybridized carbons (Fsp3) is 0.480. The van der Waals surface area contributed by atoms with Gasteiger partial charge in [-0.25, -0.2) is 0 Å². The van der Waals surface area contributed by atoms with Gasteiger partial charge in [0.1, 0.15) is 0 Å². The van der Waals surface area contributed by atoms with Crippen LogP contribution >= 0.6 is 23.2 Å². The van der Waals surface area contributed by atoms with Crippen molar-refractivity contribution < 1.29 is 4.42 Å². The van der Waals surface area contributed by atoms with Crippen LogP contribution in [0.4, 0.5) is 0 Å². The standard InChI is InChI=1S/C13H6Cl2N3O2.3C4H9.Sn/c14-8-1-2-11(18-7-13(15)16-17-18)10(5-8)12-6-9(19)3-4-20-12;3*1-3-4-2;/h1-2,4-7H;3*1,3-4H2,2H3;. The van der Waals surface area contributed by atoms with Crippen LogP contribution in [0.2, 0.25) is 23.5 Å². The van der Waals surface area contributed by atoms with E-state index >= 15 is 0 Å². The second kappa shape index (κ2) is 12.4. The molecular weight excluding hydrogens is 564 g/mol. The Labute approximate surface area is 210 Å². The summed E-state index contributed by atoms with van der Waals surface area (Å²) in [7, 11) is 0. The predicted molar refractivity (Wildman–Crippen MR) is 140 cm³/mol. The van der Waals surface area contributed by atoms with Crippen molar-refractivity contribution in [3.63, 3.8) is 0 Å². The Morgan fingerprint density at radius 3 is 2.12 bits per heavy atom. The molecule has 0 aliphatic heterocycles. The molecule has 0 saturated carbocycles. The van der Waals surface area contributed by atoms with Gasteiger partial charge < -0.3 is 0 Å². The van der Waals surface area contributed by atoms with Crippen molar-refractivity contribution in [2.45, 2.75) is 72.6 Å². The maximum absolute atomic E-state index is 13.6. The molecule has 0 amide bonds. The van der Waals surface area contributed by atoms with E-state index in [1.807, 2.05) is 6.07 Å². The van der Waals surface area contributed by atoms with E-state index in [-0.39, 0.29) is 10.6 Å². The Balaban J connectivity index is 2.09. The molecule has 0 aliphatic rings. The zero-order chi connectivity index (χ0) is 23.8. The van der Waals surface area contributed by atoms with Crippen LogP contribution in [0.1, 0.15) is 59.3 Å². The van der Waals surface area contributed by atoms with Gasteiger partial charge in [-0.05, 0) is 0 Å². The Kier molecular flexibility index (Phi) is 9.89. The zero-order valence-electron chi connectivity index (χ0n) is 19.7. The number of unbranched alkanes of at least 4 members (excludes halogenated alkanes) is 3. The van der Waals surface area contributed by atoms with Crippen molar-refractivity contribution in [3.05, 3.63) is 57.1 Å². The van der Waals surface area contributed by atoms with Gasteiger partial charge in [0.05, 0.1) is 0 Å². The molecule has 0 bridgehead atoms. The molecule has 178 valence electrons. The molecule has 0 unspecified atom stereocenters.